The highest BCUT2D eigenvalue weighted by molar-refractivity contribution is 6.33. The van der Waals surface area contributed by atoms with Crippen molar-refractivity contribution >= 4 is 28.6 Å². The number of hydrogen-bond donors (Lipinski definition) is 2. The minimum Gasteiger partial charge on any atom is -0.394 e. The second-order valence-electron chi connectivity index (χ2n) is 7.62. The molecule has 2 N–H and O–H groups in total. The van der Waals surface area contributed by atoms with Gasteiger partial charge in [-0.3, -0.25) is 9.36 Å². The van der Waals surface area contributed by atoms with E-state index in [1.54, 1.807) is 25.4 Å². The molecule has 0 saturated heterocycles. The minimum absolute atomic E-state index is 0.0464. The average Bonchev–Trinajstić information content (AvgIpc) is 2.62. The average molecular weight is 387 g/mol. The van der Waals surface area contributed by atoms with Crippen molar-refractivity contribution in [2.24, 2.45) is 12.5 Å². The Morgan fingerprint density at radius 3 is 2.59 bits per heavy atom. The number of aliphatic hydroxyl groups is 1. The number of rotatable bonds is 4. The van der Waals surface area contributed by atoms with Gasteiger partial charge in [-0.15, -0.1) is 0 Å². The first-order chi connectivity index (χ1) is 12.7. The second kappa shape index (κ2) is 7.29. The van der Waals surface area contributed by atoms with Crippen LogP contribution in [0.3, 0.4) is 0 Å². The van der Waals surface area contributed by atoms with Gasteiger partial charge in [-0.2, -0.15) is 4.98 Å². The summed E-state index contributed by atoms with van der Waals surface area (Å²) in [6.07, 6.45) is 1.67. The third-order valence-corrected chi connectivity index (χ3v) is 4.97. The third kappa shape index (κ3) is 3.82. The highest BCUT2D eigenvalue weighted by atomic mass is 35.5. The van der Waals surface area contributed by atoms with E-state index in [1.807, 2.05) is 39.0 Å². The van der Waals surface area contributed by atoms with Crippen LogP contribution in [0.25, 0.3) is 22.2 Å². The summed E-state index contributed by atoms with van der Waals surface area (Å²) in [7, 11) is 1.68. The molecule has 0 aliphatic rings. The van der Waals surface area contributed by atoms with Crippen LogP contribution in [0.2, 0.25) is 5.02 Å². The van der Waals surface area contributed by atoms with Crippen LogP contribution < -0.4 is 10.9 Å². The number of halogens is 1. The van der Waals surface area contributed by atoms with Crippen LogP contribution in [0, 0.1) is 5.41 Å². The molecule has 0 fully saturated rings. The molecule has 27 heavy (non-hydrogen) atoms. The molecular formula is C20H23ClN4O2. The third-order valence-electron chi connectivity index (χ3n) is 4.64. The van der Waals surface area contributed by atoms with Crippen molar-refractivity contribution in [3.05, 3.63) is 51.9 Å². The molecule has 3 aromatic rings. The number of benzene rings is 1. The fourth-order valence-electron chi connectivity index (χ4n) is 2.88. The number of aliphatic hydroxyl groups excluding tert-OH is 1. The van der Waals surface area contributed by atoms with Crippen LogP contribution in [0.4, 0.5) is 5.95 Å². The highest BCUT2D eigenvalue weighted by Gasteiger charge is 2.24. The van der Waals surface area contributed by atoms with Crippen molar-refractivity contribution in [3.8, 4) is 11.1 Å². The molecule has 0 spiro atoms. The minimum atomic E-state index is -0.214. The van der Waals surface area contributed by atoms with Crippen LogP contribution in [-0.2, 0) is 7.05 Å². The van der Waals surface area contributed by atoms with E-state index < -0.39 is 0 Å². The molecule has 2 aromatic heterocycles. The molecule has 0 bridgehead atoms. The molecule has 1 atom stereocenters. The maximum Gasteiger partial charge on any atom is 0.259 e. The summed E-state index contributed by atoms with van der Waals surface area (Å²) in [5.41, 5.74) is 1.33. The predicted molar refractivity (Wildman–Crippen MR) is 109 cm³/mol. The number of fused-ring (bicyclic) bond motifs is 1. The van der Waals surface area contributed by atoms with Gasteiger partial charge in [0.05, 0.1) is 12.6 Å². The van der Waals surface area contributed by atoms with E-state index in [0.29, 0.717) is 27.7 Å². The molecule has 3 rings (SSSR count). The summed E-state index contributed by atoms with van der Waals surface area (Å²) in [6.45, 7) is 6.02. The number of hydrogen-bond acceptors (Lipinski definition) is 5. The molecule has 0 amide bonds. The first-order valence-electron chi connectivity index (χ1n) is 8.71. The zero-order chi connectivity index (χ0) is 19.8. The zero-order valence-electron chi connectivity index (χ0n) is 15.8. The van der Waals surface area contributed by atoms with Crippen LogP contribution >= 0.6 is 11.6 Å². The van der Waals surface area contributed by atoms with Crippen molar-refractivity contribution in [3.63, 3.8) is 0 Å². The lowest BCUT2D eigenvalue weighted by Gasteiger charge is -2.29. The molecule has 7 heteroatoms. The molecular weight excluding hydrogens is 364 g/mol. The molecule has 2 heterocycles. The molecule has 0 unspecified atom stereocenters. The Kier molecular flexibility index (Phi) is 5.22. The van der Waals surface area contributed by atoms with E-state index >= 15 is 0 Å². The Morgan fingerprint density at radius 1 is 1.26 bits per heavy atom. The predicted octanol–water partition coefficient (Wildman–Crippen LogP) is 3.47. The molecule has 0 aliphatic carbocycles. The molecule has 6 nitrogen and oxygen atoms in total. The highest BCUT2D eigenvalue weighted by Crippen LogP contribution is 2.27. The summed E-state index contributed by atoms with van der Waals surface area (Å²) in [5.74, 6) is 0.372. The van der Waals surface area contributed by atoms with Gasteiger partial charge < -0.3 is 10.4 Å². The number of nitrogens with one attached hydrogen (secondary N) is 1. The topological polar surface area (TPSA) is 80.0 Å². The van der Waals surface area contributed by atoms with Crippen LogP contribution in [-0.4, -0.2) is 32.3 Å². The summed E-state index contributed by atoms with van der Waals surface area (Å²) in [4.78, 5) is 21.7. The lowest BCUT2D eigenvalue weighted by atomic mass is 9.87. The molecule has 0 aliphatic heterocycles. The lowest BCUT2D eigenvalue weighted by Crippen LogP contribution is -2.37. The number of anilines is 1. The van der Waals surface area contributed by atoms with Crippen molar-refractivity contribution in [2.45, 2.75) is 26.8 Å². The van der Waals surface area contributed by atoms with E-state index in [-0.39, 0.29) is 23.6 Å². The Labute approximate surface area is 162 Å². The molecule has 0 saturated carbocycles. The molecule has 142 valence electrons. The SMILES string of the molecule is Cn1c(=O)c(-c2ccccc2Cl)cc2cnc(N[C@@H](CO)C(C)(C)C)nc21. The Morgan fingerprint density at radius 2 is 1.96 bits per heavy atom. The quantitative estimate of drug-likeness (QED) is 0.717. The van der Waals surface area contributed by atoms with E-state index in [2.05, 4.69) is 15.3 Å². The number of nitrogens with zero attached hydrogens (tertiary/aromatic N) is 3. The van der Waals surface area contributed by atoms with E-state index in [9.17, 15) is 9.90 Å². The maximum atomic E-state index is 12.9. The molecule has 1 aromatic carbocycles. The maximum absolute atomic E-state index is 12.9. The monoisotopic (exact) mass is 386 g/mol. The fraction of sp³-hybridized carbons (Fsp3) is 0.350. The van der Waals surface area contributed by atoms with Crippen molar-refractivity contribution in [2.75, 3.05) is 11.9 Å². The summed E-state index contributed by atoms with van der Waals surface area (Å²) in [5, 5.41) is 14.0. The van der Waals surface area contributed by atoms with Crippen molar-refractivity contribution in [1.82, 2.24) is 14.5 Å². The van der Waals surface area contributed by atoms with Gasteiger partial charge in [-0.05, 0) is 17.5 Å². The first kappa shape index (κ1) is 19.3. The lowest BCUT2D eigenvalue weighted by molar-refractivity contribution is 0.201. The van der Waals surface area contributed by atoms with Gasteiger partial charge in [-0.1, -0.05) is 50.6 Å². The second-order valence-corrected chi connectivity index (χ2v) is 8.03. The number of aryl methyl sites for hydroxylation is 1. The normalized spacial score (nSPS) is 13.0. The van der Waals surface area contributed by atoms with E-state index in [4.69, 9.17) is 11.6 Å². The van der Waals surface area contributed by atoms with Gasteiger partial charge >= 0.3 is 0 Å². The number of aromatic nitrogens is 3. The van der Waals surface area contributed by atoms with Gasteiger partial charge in [0.15, 0.2) is 0 Å². The Bertz CT molecular complexity index is 1040. The Hall–Kier alpha value is -2.44. The zero-order valence-corrected chi connectivity index (χ0v) is 16.6. The van der Waals surface area contributed by atoms with Crippen molar-refractivity contribution in [1.29, 1.82) is 0 Å². The summed E-state index contributed by atoms with van der Waals surface area (Å²) in [6, 6.07) is 8.79. The summed E-state index contributed by atoms with van der Waals surface area (Å²) < 4.78 is 1.49. The van der Waals surface area contributed by atoms with Crippen LogP contribution in [0.15, 0.2) is 41.3 Å². The first-order valence-corrected chi connectivity index (χ1v) is 9.09. The standard InChI is InChI=1S/C20H23ClN4O2/c1-20(2,3)16(11-26)23-19-22-10-12-9-14(13-7-5-6-8-15(13)21)18(27)25(4)17(12)24-19/h5-10,16,26H,11H2,1-4H3,(H,22,23,24)/t16-/m0/s1. The summed E-state index contributed by atoms with van der Waals surface area (Å²) >= 11 is 6.26. The number of pyridine rings is 1. The Balaban J connectivity index is 2.09. The van der Waals surface area contributed by atoms with Crippen LogP contribution in [0.5, 0.6) is 0 Å². The van der Waals surface area contributed by atoms with Gasteiger partial charge in [0, 0.05) is 34.8 Å². The van der Waals surface area contributed by atoms with Gasteiger partial charge in [0.1, 0.15) is 5.65 Å². The van der Waals surface area contributed by atoms with Gasteiger partial charge in [0.25, 0.3) is 5.56 Å². The van der Waals surface area contributed by atoms with E-state index in [0.717, 1.165) is 5.39 Å². The molecule has 0 radical (unpaired) electrons. The van der Waals surface area contributed by atoms with Gasteiger partial charge in [-0.25, -0.2) is 4.98 Å². The smallest absolute Gasteiger partial charge is 0.259 e. The van der Waals surface area contributed by atoms with E-state index in [1.165, 1.54) is 4.57 Å². The largest absolute Gasteiger partial charge is 0.394 e. The van der Waals surface area contributed by atoms with Crippen molar-refractivity contribution < 1.29 is 5.11 Å². The fourth-order valence-corrected chi connectivity index (χ4v) is 3.12. The van der Waals surface area contributed by atoms with Gasteiger partial charge in [0.2, 0.25) is 5.95 Å². The van der Waals surface area contributed by atoms with Crippen LogP contribution in [0.1, 0.15) is 20.8 Å².